The third-order valence-electron chi connectivity index (χ3n) is 7.36. The Labute approximate surface area is 303 Å². The van der Waals surface area contributed by atoms with Crippen LogP contribution in [-0.2, 0) is 57.3 Å². The molecule has 0 saturated heterocycles. The summed E-state index contributed by atoms with van der Waals surface area (Å²) < 4.78 is 20.9. The quantitative estimate of drug-likeness (QED) is 0.0520. The Balaban J connectivity index is 4.45. The van der Waals surface area contributed by atoms with Crippen LogP contribution in [0.4, 0.5) is 0 Å². The van der Waals surface area contributed by atoms with Crippen LogP contribution in [0.1, 0.15) is 78.6 Å². The van der Waals surface area contributed by atoms with E-state index < -0.39 is 72.4 Å². The molecule has 0 bridgehead atoms. The van der Waals surface area contributed by atoms with Crippen LogP contribution in [0.25, 0.3) is 0 Å². The van der Waals surface area contributed by atoms with Gasteiger partial charge in [-0.2, -0.15) is 11.8 Å². The zero-order valence-corrected chi connectivity index (χ0v) is 30.8. The summed E-state index contributed by atoms with van der Waals surface area (Å²) >= 11 is 1.20. The van der Waals surface area contributed by atoms with Gasteiger partial charge in [0.25, 0.3) is 0 Å². The van der Waals surface area contributed by atoms with Crippen molar-refractivity contribution in [3.05, 3.63) is 0 Å². The Bertz CT molecular complexity index is 1120. The van der Waals surface area contributed by atoms with Crippen LogP contribution in [0.2, 0.25) is 0 Å². The first-order chi connectivity index (χ1) is 24.3. The first kappa shape index (κ1) is 47.9. The Morgan fingerprint density at radius 2 is 1.39 bits per heavy atom. The van der Waals surface area contributed by atoms with E-state index in [0.717, 1.165) is 0 Å². The second-order valence-corrected chi connectivity index (χ2v) is 12.9. The molecule has 17 heteroatoms. The van der Waals surface area contributed by atoms with Crippen LogP contribution in [0.3, 0.4) is 0 Å². The molecule has 51 heavy (non-hydrogen) atoms. The van der Waals surface area contributed by atoms with E-state index in [2.05, 4.69) is 5.32 Å². The molecule has 0 aromatic carbocycles. The molecule has 0 aliphatic carbocycles. The van der Waals surface area contributed by atoms with Crippen molar-refractivity contribution < 1.29 is 67.5 Å². The number of amides is 1. The van der Waals surface area contributed by atoms with Gasteiger partial charge in [0, 0.05) is 87.9 Å². The van der Waals surface area contributed by atoms with Crippen LogP contribution < -0.4 is 11.1 Å². The maximum absolute atomic E-state index is 12.9. The van der Waals surface area contributed by atoms with Gasteiger partial charge in [0.05, 0.1) is 32.5 Å². The van der Waals surface area contributed by atoms with Gasteiger partial charge in [0.2, 0.25) is 5.91 Å². The summed E-state index contributed by atoms with van der Waals surface area (Å²) in [7, 11) is 0. The lowest BCUT2D eigenvalue weighted by Gasteiger charge is -2.20. The van der Waals surface area contributed by atoms with Gasteiger partial charge in [0.15, 0.2) is 5.78 Å². The maximum Gasteiger partial charge on any atom is 0.305 e. The summed E-state index contributed by atoms with van der Waals surface area (Å²) in [5.41, 5.74) is 6.01. The topological polar surface area (TPSA) is 252 Å². The molecule has 0 saturated carbocycles. The van der Waals surface area contributed by atoms with E-state index in [1.165, 1.54) is 18.7 Å². The van der Waals surface area contributed by atoms with Crippen molar-refractivity contribution in [2.24, 2.45) is 17.6 Å². The zero-order chi connectivity index (χ0) is 38.6. The van der Waals surface area contributed by atoms with E-state index in [-0.39, 0.29) is 120 Å². The molecule has 0 heterocycles. The average molecular weight is 749 g/mol. The number of thioether (sulfide) groups is 1. The van der Waals surface area contributed by atoms with Gasteiger partial charge in [-0.05, 0) is 13.3 Å². The van der Waals surface area contributed by atoms with Crippen molar-refractivity contribution in [3.8, 4) is 0 Å². The summed E-state index contributed by atoms with van der Waals surface area (Å²) in [6.07, 6.45) is -0.397. The number of ether oxygens (including phenoxy) is 4. The molecule has 4 unspecified atom stereocenters. The van der Waals surface area contributed by atoms with Crippen molar-refractivity contribution in [1.82, 2.24) is 5.32 Å². The van der Waals surface area contributed by atoms with Crippen molar-refractivity contribution >= 4 is 58.5 Å². The number of ketones is 5. The molecule has 0 aromatic heterocycles. The standard InChI is InChI=1S/C34H56N2O14S/c1-4-33(45)49-19-27(50-34(46)5-2)21-51-22-28(35)31(43)16-25(18-38)30(42)15-24(17-37)29(41)7-6-12-48-20-32(44)36-11-14-47-13-10-26(40)9-8-23(3)39/h24-25,27-28,37-38H,4-22,35H2,1-3H3,(H,36,44). The van der Waals surface area contributed by atoms with Gasteiger partial charge in [-0.1, -0.05) is 13.8 Å². The van der Waals surface area contributed by atoms with Crippen LogP contribution in [0, 0.1) is 11.8 Å². The molecule has 0 aliphatic rings. The highest BCUT2D eigenvalue weighted by molar-refractivity contribution is 7.99. The van der Waals surface area contributed by atoms with Crippen LogP contribution in [0.15, 0.2) is 0 Å². The van der Waals surface area contributed by atoms with Crippen LogP contribution in [-0.4, -0.2) is 133 Å². The third kappa shape index (κ3) is 24.7. The Morgan fingerprint density at radius 1 is 0.745 bits per heavy atom. The lowest BCUT2D eigenvalue weighted by molar-refractivity contribution is -0.157. The zero-order valence-electron chi connectivity index (χ0n) is 30.0. The SMILES string of the molecule is CCC(=O)OCC(CSCC(N)C(=O)CC(CO)C(=O)CC(CO)C(=O)CCCOCC(=O)NCCOCCC(=O)CCC(C)=O)OC(=O)CC. The number of esters is 2. The molecule has 0 radical (unpaired) electrons. The van der Waals surface area contributed by atoms with E-state index in [4.69, 9.17) is 24.7 Å². The molecule has 0 aromatic rings. The number of Topliss-reactive ketones (excluding diaryl/α,β-unsaturated/α-hetero) is 5. The molecule has 292 valence electrons. The average Bonchev–Trinajstić information content (AvgIpc) is 3.11. The fourth-order valence-electron chi connectivity index (χ4n) is 4.22. The van der Waals surface area contributed by atoms with Gasteiger partial charge >= 0.3 is 11.9 Å². The van der Waals surface area contributed by atoms with Gasteiger partial charge in [-0.3, -0.25) is 33.6 Å². The predicted octanol–water partition coefficient (Wildman–Crippen LogP) is 0.284. The van der Waals surface area contributed by atoms with Crippen LogP contribution in [0.5, 0.6) is 0 Å². The van der Waals surface area contributed by atoms with Gasteiger partial charge in [-0.25, -0.2) is 0 Å². The highest BCUT2D eigenvalue weighted by Gasteiger charge is 2.29. The number of rotatable bonds is 33. The lowest BCUT2D eigenvalue weighted by Crippen LogP contribution is -2.37. The number of carbonyl (C=O) groups excluding carboxylic acids is 8. The molecular formula is C34H56N2O14S. The highest BCUT2D eigenvalue weighted by atomic mass is 32.2. The maximum atomic E-state index is 12.9. The summed E-state index contributed by atoms with van der Waals surface area (Å²) in [6, 6.07) is -1.00. The number of nitrogens with two attached hydrogens (primary N) is 1. The largest absolute Gasteiger partial charge is 0.462 e. The van der Waals surface area contributed by atoms with Gasteiger partial charge < -0.3 is 45.0 Å². The fourth-order valence-corrected chi connectivity index (χ4v) is 5.22. The van der Waals surface area contributed by atoms with Crippen molar-refractivity contribution in [3.63, 3.8) is 0 Å². The smallest absolute Gasteiger partial charge is 0.305 e. The predicted molar refractivity (Wildman–Crippen MR) is 186 cm³/mol. The summed E-state index contributed by atoms with van der Waals surface area (Å²) in [5, 5.41) is 22.1. The minimum atomic E-state index is -1.12. The third-order valence-corrected chi connectivity index (χ3v) is 8.56. The number of hydrogen-bond donors (Lipinski definition) is 4. The first-order valence-corrected chi connectivity index (χ1v) is 18.3. The van der Waals surface area contributed by atoms with E-state index in [1.807, 2.05) is 0 Å². The fraction of sp³-hybridized carbons (Fsp3) is 0.765. The second-order valence-electron chi connectivity index (χ2n) is 11.8. The number of aliphatic hydroxyl groups is 2. The molecule has 5 N–H and O–H groups in total. The van der Waals surface area contributed by atoms with Crippen LogP contribution >= 0.6 is 11.8 Å². The summed E-state index contributed by atoms with van der Waals surface area (Å²) in [4.78, 5) is 95.8. The Hall–Kier alpha value is -3.09. The number of hydrogen-bond acceptors (Lipinski definition) is 16. The van der Waals surface area contributed by atoms with Crippen molar-refractivity contribution in [1.29, 1.82) is 0 Å². The lowest BCUT2D eigenvalue weighted by atomic mass is 9.88. The number of nitrogens with one attached hydrogen (secondary N) is 1. The van der Waals surface area contributed by atoms with Gasteiger partial charge in [-0.15, -0.1) is 0 Å². The molecule has 0 spiro atoms. The van der Waals surface area contributed by atoms with Crippen molar-refractivity contribution in [2.45, 2.75) is 90.7 Å². The van der Waals surface area contributed by atoms with Gasteiger partial charge in [0.1, 0.15) is 42.5 Å². The molecule has 16 nitrogen and oxygen atoms in total. The molecule has 0 fully saturated rings. The second kappa shape index (κ2) is 29.5. The Kier molecular flexibility index (Phi) is 27.7. The summed E-state index contributed by atoms with van der Waals surface area (Å²) in [5.74, 6) is -4.76. The highest BCUT2D eigenvalue weighted by Crippen LogP contribution is 2.17. The molecular weight excluding hydrogens is 692 g/mol. The number of aliphatic hydroxyl groups excluding tert-OH is 2. The Morgan fingerprint density at radius 3 is 2.02 bits per heavy atom. The minimum Gasteiger partial charge on any atom is -0.462 e. The van der Waals surface area contributed by atoms with E-state index in [0.29, 0.717) is 0 Å². The molecule has 4 atom stereocenters. The van der Waals surface area contributed by atoms with E-state index >= 15 is 0 Å². The monoisotopic (exact) mass is 748 g/mol. The molecule has 0 rings (SSSR count). The minimum absolute atomic E-state index is 0.0316. The molecule has 0 aliphatic heterocycles. The van der Waals surface area contributed by atoms with E-state index in [1.54, 1.807) is 13.8 Å². The summed E-state index contributed by atoms with van der Waals surface area (Å²) in [6.45, 7) is 3.67. The molecule has 1 amide bonds. The normalized spacial score (nSPS) is 13.4. The first-order valence-electron chi connectivity index (χ1n) is 17.2. The van der Waals surface area contributed by atoms with E-state index in [9.17, 15) is 48.6 Å². The number of carbonyl (C=O) groups is 8. The van der Waals surface area contributed by atoms with Crippen molar-refractivity contribution in [2.75, 3.05) is 64.3 Å².